The third kappa shape index (κ3) is 5.33. The van der Waals surface area contributed by atoms with Gasteiger partial charge in [0, 0.05) is 6.54 Å². The molecule has 0 spiro atoms. The smallest absolute Gasteiger partial charge is 0.263 e. The quantitative estimate of drug-likeness (QED) is 0.571. The van der Waals surface area contributed by atoms with E-state index >= 15 is 0 Å². The van der Waals surface area contributed by atoms with Crippen molar-refractivity contribution in [3.63, 3.8) is 0 Å². The highest BCUT2D eigenvalue weighted by atomic mass is 32.2. The fourth-order valence-corrected chi connectivity index (χ4v) is 4.79. The first-order valence-electron chi connectivity index (χ1n) is 8.85. The molecule has 0 saturated carbocycles. The number of rotatable bonds is 8. The summed E-state index contributed by atoms with van der Waals surface area (Å²) in [6, 6.07) is 15.6. The number of amides is 1. The number of ether oxygens (including phenoxy) is 1. The molecule has 2 aromatic carbocycles. The second kappa shape index (κ2) is 9.06. The maximum atomic E-state index is 12.5. The van der Waals surface area contributed by atoms with Gasteiger partial charge < -0.3 is 10.1 Å². The Morgan fingerprint density at radius 3 is 2.62 bits per heavy atom. The zero-order valence-corrected chi connectivity index (χ0v) is 17.6. The fourth-order valence-electron chi connectivity index (χ4n) is 2.65. The molecule has 9 heteroatoms. The van der Waals surface area contributed by atoms with Crippen LogP contribution in [-0.4, -0.2) is 33.0 Å². The normalized spacial score (nSPS) is 11.1. The largest absolute Gasteiger partial charge is 0.497 e. The molecule has 0 bridgehead atoms. The predicted octanol–water partition coefficient (Wildman–Crippen LogP) is 3.23. The molecule has 0 fully saturated rings. The number of nitrogens with one attached hydrogen (secondary N) is 2. The SMILES string of the molecule is COc1cccc(CCNC(=O)c2sc(NS(=O)(=O)c3ccccc3)nc2C)c1. The van der Waals surface area contributed by atoms with E-state index < -0.39 is 10.0 Å². The molecule has 0 aliphatic heterocycles. The van der Waals surface area contributed by atoms with Gasteiger partial charge in [-0.1, -0.05) is 41.7 Å². The van der Waals surface area contributed by atoms with Crippen molar-refractivity contribution in [1.82, 2.24) is 10.3 Å². The second-order valence-electron chi connectivity index (χ2n) is 6.21. The Morgan fingerprint density at radius 2 is 1.90 bits per heavy atom. The summed E-state index contributed by atoms with van der Waals surface area (Å²) in [5.41, 5.74) is 1.52. The molecule has 1 heterocycles. The predicted molar refractivity (Wildman–Crippen MR) is 113 cm³/mol. The van der Waals surface area contributed by atoms with Gasteiger partial charge >= 0.3 is 0 Å². The van der Waals surface area contributed by atoms with Gasteiger partial charge in [0.15, 0.2) is 5.13 Å². The zero-order valence-electron chi connectivity index (χ0n) is 16.0. The highest BCUT2D eigenvalue weighted by Gasteiger charge is 2.20. The lowest BCUT2D eigenvalue weighted by atomic mass is 10.1. The average molecular weight is 432 g/mol. The zero-order chi connectivity index (χ0) is 20.9. The van der Waals surface area contributed by atoms with Gasteiger partial charge in [-0.25, -0.2) is 13.4 Å². The van der Waals surface area contributed by atoms with E-state index in [0.717, 1.165) is 22.6 Å². The standard InChI is InChI=1S/C20H21N3O4S2/c1-14-18(19(24)21-12-11-15-7-6-8-16(13-15)27-2)28-20(22-14)23-29(25,26)17-9-4-3-5-10-17/h3-10,13H,11-12H2,1-2H3,(H,21,24)(H,22,23). The molecule has 152 valence electrons. The molecule has 0 radical (unpaired) electrons. The molecule has 7 nitrogen and oxygen atoms in total. The number of carbonyl (C=O) groups is 1. The number of sulfonamides is 1. The molecule has 29 heavy (non-hydrogen) atoms. The second-order valence-corrected chi connectivity index (χ2v) is 8.89. The number of aromatic nitrogens is 1. The van der Waals surface area contributed by atoms with Crippen molar-refractivity contribution in [3.05, 3.63) is 70.7 Å². The summed E-state index contributed by atoms with van der Waals surface area (Å²) in [6.45, 7) is 2.11. The van der Waals surface area contributed by atoms with Gasteiger partial charge in [-0.3, -0.25) is 9.52 Å². The third-order valence-corrected chi connectivity index (χ3v) is 6.67. The van der Waals surface area contributed by atoms with Gasteiger partial charge in [-0.15, -0.1) is 0 Å². The van der Waals surface area contributed by atoms with Crippen molar-refractivity contribution < 1.29 is 17.9 Å². The molecule has 0 aliphatic rings. The molecule has 2 N–H and O–H groups in total. The van der Waals surface area contributed by atoms with Crippen LogP contribution in [0.4, 0.5) is 5.13 Å². The Kier molecular flexibility index (Phi) is 6.50. The molecule has 0 saturated heterocycles. The molecule has 1 amide bonds. The number of hydrogen-bond donors (Lipinski definition) is 2. The summed E-state index contributed by atoms with van der Waals surface area (Å²) in [5.74, 6) is 0.482. The van der Waals surface area contributed by atoms with Crippen LogP contribution < -0.4 is 14.8 Å². The van der Waals surface area contributed by atoms with Gasteiger partial charge in [0.1, 0.15) is 10.6 Å². The molecule has 0 unspecified atom stereocenters. The van der Waals surface area contributed by atoms with Crippen LogP contribution in [0, 0.1) is 6.92 Å². The molecule has 0 atom stereocenters. The Bertz CT molecular complexity index is 1100. The highest BCUT2D eigenvalue weighted by Crippen LogP contribution is 2.25. The molecule has 3 rings (SSSR count). The Morgan fingerprint density at radius 1 is 1.14 bits per heavy atom. The van der Waals surface area contributed by atoms with Crippen molar-refractivity contribution in [2.75, 3.05) is 18.4 Å². The number of hydrogen-bond acceptors (Lipinski definition) is 6. The summed E-state index contributed by atoms with van der Waals surface area (Å²) < 4.78 is 32.5. The minimum atomic E-state index is -3.75. The number of thiazole rings is 1. The minimum absolute atomic E-state index is 0.136. The monoisotopic (exact) mass is 431 g/mol. The van der Waals surface area contributed by atoms with E-state index in [1.165, 1.54) is 12.1 Å². The summed E-state index contributed by atoms with van der Waals surface area (Å²) in [4.78, 5) is 17.2. The lowest BCUT2D eigenvalue weighted by Gasteiger charge is -2.06. The lowest BCUT2D eigenvalue weighted by Crippen LogP contribution is -2.25. The van der Waals surface area contributed by atoms with Crippen LogP contribution in [0.2, 0.25) is 0 Å². The van der Waals surface area contributed by atoms with Gasteiger partial charge in [0.2, 0.25) is 0 Å². The van der Waals surface area contributed by atoms with Gasteiger partial charge in [0.05, 0.1) is 17.7 Å². The number of carbonyl (C=O) groups excluding carboxylic acids is 1. The number of anilines is 1. The van der Waals surface area contributed by atoms with E-state index in [4.69, 9.17) is 4.74 Å². The lowest BCUT2D eigenvalue weighted by molar-refractivity contribution is 0.0957. The van der Waals surface area contributed by atoms with Gasteiger partial charge in [-0.05, 0) is 43.2 Å². The topological polar surface area (TPSA) is 97.4 Å². The fraction of sp³-hybridized carbons (Fsp3) is 0.200. The Hall–Kier alpha value is -2.91. The highest BCUT2D eigenvalue weighted by molar-refractivity contribution is 7.93. The van der Waals surface area contributed by atoms with E-state index in [0.29, 0.717) is 23.5 Å². The van der Waals surface area contributed by atoms with E-state index in [1.807, 2.05) is 24.3 Å². The Labute approximate surface area is 173 Å². The first-order valence-corrected chi connectivity index (χ1v) is 11.2. The van der Waals surface area contributed by atoms with Crippen molar-refractivity contribution in [2.24, 2.45) is 0 Å². The number of methoxy groups -OCH3 is 1. The van der Waals surface area contributed by atoms with E-state index in [9.17, 15) is 13.2 Å². The van der Waals surface area contributed by atoms with E-state index in [-0.39, 0.29) is 15.9 Å². The van der Waals surface area contributed by atoms with Crippen LogP contribution in [0.15, 0.2) is 59.5 Å². The minimum Gasteiger partial charge on any atom is -0.497 e. The van der Waals surface area contributed by atoms with Crippen molar-refractivity contribution in [1.29, 1.82) is 0 Å². The summed E-state index contributed by atoms with van der Waals surface area (Å²) in [6.07, 6.45) is 0.647. The molecule has 1 aromatic heterocycles. The maximum Gasteiger partial charge on any atom is 0.263 e. The summed E-state index contributed by atoms with van der Waals surface area (Å²) >= 11 is 1.01. The van der Waals surface area contributed by atoms with Gasteiger partial charge in [0.25, 0.3) is 15.9 Å². The molecular formula is C20H21N3O4S2. The maximum absolute atomic E-state index is 12.5. The van der Waals surface area contributed by atoms with Crippen molar-refractivity contribution in [3.8, 4) is 5.75 Å². The summed E-state index contributed by atoms with van der Waals surface area (Å²) in [5, 5.41) is 3.00. The van der Waals surface area contributed by atoms with Crippen molar-refractivity contribution >= 4 is 32.4 Å². The van der Waals surface area contributed by atoms with Crippen LogP contribution in [0.5, 0.6) is 5.75 Å². The third-order valence-electron chi connectivity index (χ3n) is 4.11. The first kappa shape index (κ1) is 20.8. The Balaban J connectivity index is 1.62. The number of benzene rings is 2. The van der Waals surface area contributed by atoms with E-state index in [1.54, 1.807) is 32.2 Å². The average Bonchev–Trinajstić information content (AvgIpc) is 3.08. The molecular weight excluding hydrogens is 410 g/mol. The van der Waals surface area contributed by atoms with Crippen LogP contribution in [0.25, 0.3) is 0 Å². The van der Waals surface area contributed by atoms with E-state index in [2.05, 4.69) is 15.0 Å². The van der Waals surface area contributed by atoms with Crippen LogP contribution >= 0.6 is 11.3 Å². The molecule has 0 aliphatic carbocycles. The van der Waals surface area contributed by atoms with Crippen LogP contribution in [0.1, 0.15) is 20.9 Å². The first-order chi connectivity index (χ1) is 13.9. The molecule has 3 aromatic rings. The van der Waals surface area contributed by atoms with Crippen LogP contribution in [-0.2, 0) is 16.4 Å². The summed E-state index contributed by atoms with van der Waals surface area (Å²) in [7, 11) is -2.14. The van der Waals surface area contributed by atoms with Crippen molar-refractivity contribution in [2.45, 2.75) is 18.2 Å². The number of nitrogens with zero attached hydrogens (tertiary/aromatic N) is 1. The number of aryl methyl sites for hydroxylation is 1. The van der Waals surface area contributed by atoms with Gasteiger partial charge in [-0.2, -0.15) is 0 Å². The van der Waals surface area contributed by atoms with Crippen LogP contribution in [0.3, 0.4) is 0 Å².